The van der Waals surface area contributed by atoms with Crippen LogP contribution in [0.25, 0.3) is 0 Å². The number of piperazine rings is 1. The molecule has 6 nitrogen and oxygen atoms in total. The molecule has 0 aliphatic carbocycles. The molecular formula is C23H30N4O2. The predicted octanol–water partition coefficient (Wildman–Crippen LogP) is 2.42. The highest BCUT2D eigenvalue weighted by Crippen LogP contribution is 2.22. The van der Waals surface area contributed by atoms with Gasteiger partial charge in [-0.3, -0.25) is 9.59 Å². The first-order valence-corrected chi connectivity index (χ1v) is 10.1. The summed E-state index contributed by atoms with van der Waals surface area (Å²) >= 11 is 0. The summed E-state index contributed by atoms with van der Waals surface area (Å²) in [5.74, 6) is -0.324. The number of nitrogens with zero attached hydrogens (tertiary/aromatic N) is 3. The fourth-order valence-electron chi connectivity index (χ4n) is 3.49. The molecule has 1 N–H and O–H groups in total. The second-order valence-corrected chi connectivity index (χ2v) is 7.62. The molecule has 0 aromatic heterocycles. The van der Waals surface area contributed by atoms with Crippen LogP contribution in [0.3, 0.4) is 0 Å². The maximum Gasteiger partial charge on any atom is 0.240 e. The van der Waals surface area contributed by atoms with Crippen molar-refractivity contribution in [3.8, 4) is 0 Å². The topological polar surface area (TPSA) is 55.9 Å². The number of hydrogen-bond donors (Lipinski definition) is 1. The average Bonchev–Trinajstić information content (AvgIpc) is 2.72. The summed E-state index contributed by atoms with van der Waals surface area (Å²) < 4.78 is 0. The van der Waals surface area contributed by atoms with Gasteiger partial charge in [0.2, 0.25) is 11.8 Å². The van der Waals surface area contributed by atoms with Crippen LogP contribution in [0.2, 0.25) is 0 Å². The summed E-state index contributed by atoms with van der Waals surface area (Å²) in [5, 5.41) is 2.92. The van der Waals surface area contributed by atoms with E-state index in [1.165, 1.54) is 11.8 Å². The Bertz CT molecular complexity index is 842. The number of hydrogen-bond acceptors (Lipinski definition) is 4. The molecule has 6 heteroatoms. The van der Waals surface area contributed by atoms with Crippen LogP contribution in [0.4, 0.5) is 11.4 Å². The SMILES string of the molecule is CC(=O)N(CC(=O)NCc1ccccc1C)c1ccc(N2CCN(C)CC2)cc1. The highest BCUT2D eigenvalue weighted by atomic mass is 16.2. The van der Waals surface area contributed by atoms with Gasteiger partial charge in [0, 0.05) is 51.0 Å². The van der Waals surface area contributed by atoms with Gasteiger partial charge in [-0.15, -0.1) is 0 Å². The highest BCUT2D eigenvalue weighted by molar-refractivity contribution is 5.97. The largest absolute Gasteiger partial charge is 0.369 e. The molecular weight excluding hydrogens is 364 g/mol. The van der Waals surface area contributed by atoms with Crippen LogP contribution >= 0.6 is 0 Å². The lowest BCUT2D eigenvalue weighted by molar-refractivity contribution is -0.123. The van der Waals surface area contributed by atoms with E-state index in [-0.39, 0.29) is 18.4 Å². The van der Waals surface area contributed by atoms with Crippen LogP contribution in [-0.2, 0) is 16.1 Å². The van der Waals surface area contributed by atoms with Gasteiger partial charge in [-0.05, 0) is 49.4 Å². The minimum Gasteiger partial charge on any atom is -0.369 e. The summed E-state index contributed by atoms with van der Waals surface area (Å²) in [6, 6.07) is 15.8. The number of carbonyl (C=O) groups excluding carboxylic acids is 2. The molecule has 1 heterocycles. The highest BCUT2D eigenvalue weighted by Gasteiger charge is 2.18. The molecule has 29 heavy (non-hydrogen) atoms. The predicted molar refractivity (Wildman–Crippen MR) is 117 cm³/mol. The fourth-order valence-corrected chi connectivity index (χ4v) is 3.49. The number of amides is 2. The standard InChI is InChI=1S/C23H30N4O2/c1-18-6-4-5-7-20(18)16-24-23(29)17-27(19(2)28)22-10-8-21(9-11-22)26-14-12-25(3)13-15-26/h4-11H,12-17H2,1-3H3,(H,24,29). The van der Waals surface area contributed by atoms with Gasteiger partial charge < -0.3 is 20.0 Å². The smallest absolute Gasteiger partial charge is 0.240 e. The minimum atomic E-state index is -0.174. The normalized spacial score (nSPS) is 14.5. The number of carbonyl (C=O) groups is 2. The number of anilines is 2. The van der Waals surface area contributed by atoms with E-state index in [2.05, 4.69) is 22.2 Å². The summed E-state index contributed by atoms with van der Waals surface area (Å²) in [5.41, 5.74) is 4.10. The molecule has 1 saturated heterocycles. The molecule has 0 unspecified atom stereocenters. The Morgan fingerprint density at radius 2 is 1.66 bits per heavy atom. The number of benzene rings is 2. The maximum atomic E-state index is 12.4. The van der Waals surface area contributed by atoms with E-state index >= 15 is 0 Å². The average molecular weight is 395 g/mol. The van der Waals surface area contributed by atoms with E-state index < -0.39 is 0 Å². The van der Waals surface area contributed by atoms with Crippen molar-refractivity contribution >= 4 is 23.2 Å². The zero-order valence-electron chi connectivity index (χ0n) is 17.5. The molecule has 2 aromatic carbocycles. The van der Waals surface area contributed by atoms with Crippen molar-refractivity contribution in [3.05, 3.63) is 59.7 Å². The van der Waals surface area contributed by atoms with Crippen molar-refractivity contribution in [2.75, 3.05) is 49.6 Å². The van der Waals surface area contributed by atoms with Crippen molar-refractivity contribution in [2.24, 2.45) is 0 Å². The van der Waals surface area contributed by atoms with Crippen LogP contribution in [0.1, 0.15) is 18.1 Å². The molecule has 154 valence electrons. The lowest BCUT2D eigenvalue weighted by atomic mass is 10.1. The van der Waals surface area contributed by atoms with Gasteiger partial charge >= 0.3 is 0 Å². The number of nitrogens with one attached hydrogen (secondary N) is 1. The summed E-state index contributed by atoms with van der Waals surface area (Å²) in [6.45, 7) is 8.05. The third-order valence-corrected chi connectivity index (χ3v) is 5.45. The monoisotopic (exact) mass is 394 g/mol. The third-order valence-electron chi connectivity index (χ3n) is 5.45. The molecule has 0 bridgehead atoms. The summed E-state index contributed by atoms with van der Waals surface area (Å²) in [4.78, 5) is 30.8. The first-order valence-electron chi connectivity index (χ1n) is 10.1. The van der Waals surface area contributed by atoms with Crippen LogP contribution in [0.15, 0.2) is 48.5 Å². The van der Waals surface area contributed by atoms with E-state index in [0.717, 1.165) is 48.7 Å². The zero-order chi connectivity index (χ0) is 20.8. The molecule has 2 amide bonds. The van der Waals surface area contributed by atoms with Crippen molar-refractivity contribution in [2.45, 2.75) is 20.4 Å². The maximum absolute atomic E-state index is 12.4. The van der Waals surface area contributed by atoms with Crippen LogP contribution < -0.4 is 15.1 Å². The lowest BCUT2D eigenvalue weighted by Gasteiger charge is -2.34. The molecule has 3 rings (SSSR count). The molecule has 1 aliphatic rings. The van der Waals surface area contributed by atoms with Crippen molar-refractivity contribution < 1.29 is 9.59 Å². The molecule has 1 fully saturated rings. The molecule has 0 spiro atoms. The van der Waals surface area contributed by atoms with Crippen LogP contribution in [-0.4, -0.2) is 56.5 Å². The number of aryl methyl sites for hydroxylation is 1. The second kappa shape index (κ2) is 9.56. The molecule has 0 atom stereocenters. The Balaban J connectivity index is 1.61. The Kier molecular flexibility index (Phi) is 6.88. The van der Waals surface area contributed by atoms with Crippen molar-refractivity contribution in [1.82, 2.24) is 10.2 Å². The third kappa shape index (κ3) is 5.57. The van der Waals surface area contributed by atoms with E-state index in [1.807, 2.05) is 55.5 Å². The zero-order valence-corrected chi connectivity index (χ0v) is 17.5. The van der Waals surface area contributed by atoms with Crippen molar-refractivity contribution in [1.29, 1.82) is 0 Å². The molecule has 0 radical (unpaired) electrons. The quantitative estimate of drug-likeness (QED) is 0.818. The molecule has 1 aliphatic heterocycles. The Morgan fingerprint density at radius 3 is 2.28 bits per heavy atom. The Morgan fingerprint density at radius 1 is 1.00 bits per heavy atom. The van der Waals surface area contributed by atoms with E-state index in [1.54, 1.807) is 0 Å². The number of likely N-dealkylation sites (N-methyl/N-ethyl adjacent to an activating group) is 1. The van der Waals surface area contributed by atoms with Gasteiger partial charge in [-0.1, -0.05) is 24.3 Å². The van der Waals surface area contributed by atoms with E-state index in [4.69, 9.17) is 0 Å². The second-order valence-electron chi connectivity index (χ2n) is 7.62. The van der Waals surface area contributed by atoms with Gasteiger partial charge in [-0.2, -0.15) is 0 Å². The van der Waals surface area contributed by atoms with Gasteiger partial charge in [0.15, 0.2) is 0 Å². The first-order chi connectivity index (χ1) is 13.9. The Labute approximate surface area is 173 Å². The van der Waals surface area contributed by atoms with Gasteiger partial charge in [-0.25, -0.2) is 0 Å². The molecule has 2 aromatic rings. The van der Waals surface area contributed by atoms with Crippen molar-refractivity contribution in [3.63, 3.8) is 0 Å². The van der Waals surface area contributed by atoms with Gasteiger partial charge in [0.25, 0.3) is 0 Å². The van der Waals surface area contributed by atoms with E-state index in [9.17, 15) is 9.59 Å². The van der Waals surface area contributed by atoms with E-state index in [0.29, 0.717) is 6.54 Å². The lowest BCUT2D eigenvalue weighted by Crippen LogP contribution is -2.44. The minimum absolute atomic E-state index is 0.00900. The summed E-state index contributed by atoms with van der Waals surface area (Å²) in [7, 11) is 2.13. The first kappa shape index (κ1) is 20.9. The number of rotatable bonds is 6. The Hall–Kier alpha value is -2.86. The van der Waals surface area contributed by atoms with Crippen LogP contribution in [0.5, 0.6) is 0 Å². The van der Waals surface area contributed by atoms with Gasteiger partial charge in [0.05, 0.1) is 0 Å². The summed E-state index contributed by atoms with van der Waals surface area (Å²) in [6.07, 6.45) is 0. The molecule has 0 saturated carbocycles. The van der Waals surface area contributed by atoms with Crippen LogP contribution in [0, 0.1) is 6.92 Å². The fraction of sp³-hybridized carbons (Fsp3) is 0.391. The van der Waals surface area contributed by atoms with Gasteiger partial charge in [0.1, 0.15) is 6.54 Å².